The van der Waals surface area contributed by atoms with Crippen molar-refractivity contribution in [3.05, 3.63) is 77.1 Å². The molecule has 8 heteroatoms. The van der Waals surface area contributed by atoms with Crippen LogP contribution < -0.4 is 5.32 Å². The summed E-state index contributed by atoms with van der Waals surface area (Å²) in [6.45, 7) is 3.38. The summed E-state index contributed by atoms with van der Waals surface area (Å²) in [4.78, 5) is 23.5. The van der Waals surface area contributed by atoms with E-state index < -0.39 is 5.97 Å². The van der Waals surface area contributed by atoms with Gasteiger partial charge in [0.15, 0.2) is 5.69 Å². The molecular formula is C22H24N4O4. The highest BCUT2D eigenvalue weighted by atomic mass is 16.5. The van der Waals surface area contributed by atoms with Crippen LogP contribution in [0.2, 0.25) is 0 Å². The second kappa shape index (κ2) is 10.3. The fourth-order valence-electron chi connectivity index (χ4n) is 3.02. The fourth-order valence-corrected chi connectivity index (χ4v) is 3.02. The molecule has 1 aromatic heterocycles. The molecule has 0 aliphatic carbocycles. The van der Waals surface area contributed by atoms with Gasteiger partial charge >= 0.3 is 5.97 Å². The summed E-state index contributed by atoms with van der Waals surface area (Å²) in [7, 11) is 0. The van der Waals surface area contributed by atoms with Crippen molar-refractivity contribution < 1.29 is 19.4 Å². The predicted molar refractivity (Wildman–Crippen MR) is 111 cm³/mol. The Morgan fingerprint density at radius 2 is 1.83 bits per heavy atom. The molecule has 0 atom stereocenters. The van der Waals surface area contributed by atoms with Crippen molar-refractivity contribution in [2.75, 3.05) is 13.2 Å². The molecule has 0 fully saturated rings. The minimum absolute atomic E-state index is 0.0779. The number of rotatable bonds is 10. The number of hydrogen-bond acceptors (Lipinski definition) is 5. The Balaban J connectivity index is 1.67. The molecule has 8 nitrogen and oxygen atoms in total. The number of carboxylic acids is 1. The third kappa shape index (κ3) is 5.30. The molecule has 0 bridgehead atoms. The highest BCUT2D eigenvalue weighted by molar-refractivity contribution is 5.94. The Labute approximate surface area is 174 Å². The second-order valence-electron chi connectivity index (χ2n) is 6.65. The van der Waals surface area contributed by atoms with Crippen LogP contribution in [0.15, 0.2) is 54.6 Å². The molecule has 0 saturated carbocycles. The van der Waals surface area contributed by atoms with E-state index in [1.54, 1.807) is 24.3 Å². The van der Waals surface area contributed by atoms with E-state index in [1.807, 2.05) is 37.3 Å². The number of hydrogen-bond donors (Lipinski definition) is 2. The average Bonchev–Trinajstić information content (AvgIpc) is 3.19. The van der Waals surface area contributed by atoms with Crippen molar-refractivity contribution in [1.29, 1.82) is 0 Å². The van der Waals surface area contributed by atoms with Crippen molar-refractivity contribution in [3.8, 4) is 5.69 Å². The Morgan fingerprint density at radius 1 is 1.10 bits per heavy atom. The number of ether oxygens (including phenoxy) is 1. The number of carbonyl (C=O) groups is 2. The van der Waals surface area contributed by atoms with Crippen molar-refractivity contribution in [1.82, 2.24) is 20.3 Å². The second-order valence-corrected chi connectivity index (χ2v) is 6.65. The maximum absolute atomic E-state index is 11.9. The lowest BCUT2D eigenvalue weighted by molar-refractivity contribution is 0.0688. The van der Waals surface area contributed by atoms with Crippen LogP contribution in [0.4, 0.5) is 0 Å². The molecule has 2 N–H and O–H groups in total. The van der Waals surface area contributed by atoms with Gasteiger partial charge in [-0.15, -0.1) is 5.10 Å². The molecular weight excluding hydrogens is 384 g/mol. The van der Waals surface area contributed by atoms with Crippen LogP contribution >= 0.6 is 0 Å². The normalized spacial score (nSPS) is 10.7. The number of carboxylic acid groups (broad SMARTS) is 1. The lowest BCUT2D eigenvalue weighted by Crippen LogP contribution is -2.22. The van der Waals surface area contributed by atoms with Crippen LogP contribution in [-0.2, 0) is 17.8 Å². The Kier molecular flexibility index (Phi) is 7.29. The van der Waals surface area contributed by atoms with Gasteiger partial charge in [-0.1, -0.05) is 35.5 Å². The van der Waals surface area contributed by atoms with Crippen molar-refractivity contribution in [2.45, 2.75) is 26.4 Å². The van der Waals surface area contributed by atoms with Crippen molar-refractivity contribution in [2.24, 2.45) is 0 Å². The van der Waals surface area contributed by atoms with Gasteiger partial charge in [0.05, 0.1) is 18.0 Å². The SMILES string of the molecule is CCNC(=O)c1ccc(-n2nnc(C(=O)O)c2CCCOCc2ccccc2)cc1. The first-order valence-corrected chi connectivity index (χ1v) is 9.78. The van der Waals surface area contributed by atoms with Gasteiger partial charge in [0.1, 0.15) is 0 Å². The summed E-state index contributed by atoms with van der Waals surface area (Å²) in [6.07, 6.45) is 1.07. The average molecular weight is 408 g/mol. The Morgan fingerprint density at radius 3 is 2.50 bits per heavy atom. The highest BCUT2D eigenvalue weighted by Gasteiger charge is 2.19. The minimum atomic E-state index is -1.12. The molecule has 0 spiro atoms. The lowest BCUT2D eigenvalue weighted by atomic mass is 10.1. The quantitative estimate of drug-likeness (QED) is 0.500. The van der Waals surface area contributed by atoms with Crippen LogP contribution in [0.5, 0.6) is 0 Å². The molecule has 2 aromatic carbocycles. The van der Waals surface area contributed by atoms with Crippen molar-refractivity contribution >= 4 is 11.9 Å². The molecule has 156 valence electrons. The first-order chi connectivity index (χ1) is 14.6. The van der Waals surface area contributed by atoms with E-state index in [4.69, 9.17) is 4.74 Å². The highest BCUT2D eigenvalue weighted by Crippen LogP contribution is 2.16. The number of aromatic carboxylic acids is 1. The van der Waals surface area contributed by atoms with Crippen LogP contribution in [-0.4, -0.2) is 45.1 Å². The summed E-state index contributed by atoms with van der Waals surface area (Å²) in [6, 6.07) is 16.6. The van der Waals surface area contributed by atoms with Crippen LogP contribution in [0.3, 0.4) is 0 Å². The maximum Gasteiger partial charge on any atom is 0.358 e. The third-order valence-electron chi connectivity index (χ3n) is 4.49. The molecule has 30 heavy (non-hydrogen) atoms. The molecule has 0 saturated heterocycles. The van der Waals surface area contributed by atoms with Gasteiger partial charge in [0, 0.05) is 18.7 Å². The summed E-state index contributed by atoms with van der Waals surface area (Å²) in [5, 5.41) is 20.0. The molecule has 0 aliphatic rings. The minimum Gasteiger partial charge on any atom is -0.476 e. The monoisotopic (exact) mass is 408 g/mol. The number of amides is 1. The summed E-state index contributed by atoms with van der Waals surface area (Å²) >= 11 is 0. The molecule has 3 rings (SSSR count). The predicted octanol–water partition coefficient (Wildman–Crippen LogP) is 2.86. The number of aromatic nitrogens is 3. The Bertz CT molecular complexity index is 984. The van der Waals surface area contributed by atoms with Gasteiger partial charge < -0.3 is 15.2 Å². The van der Waals surface area contributed by atoms with Crippen LogP contribution in [0.25, 0.3) is 5.69 Å². The van der Waals surface area contributed by atoms with E-state index in [1.165, 1.54) is 4.68 Å². The summed E-state index contributed by atoms with van der Waals surface area (Å²) in [5.74, 6) is -1.29. The fraction of sp³-hybridized carbons (Fsp3) is 0.273. The van der Waals surface area contributed by atoms with Gasteiger partial charge in [0.2, 0.25) is 0 Å². The van der Waals surface area contributed by atoms with Crippen LogP contribution in [0.1, 0.15) is 45.4 Å². The molecule has 0 aliphatic heterocycles. The summed E-state index contributed by atoms with van der Waals surface area (Å²) in [5.41, 5.74) is 2.67. The van der Waals surface area contributed by atoms with E-state index in [-0.39, 0.29) is 11.6 Å². The van der Waals surface area contributed by atoms with Gasteiger partial charge in [-0.25, -0.2) is 9.48 Å². The third-order valence-corrected chi connectivity index (χ3v) is 4.49. The van der Waals surface area contributed by atoms with E-state index >= 15 is 0 Å². The number of benzene rings is 2. The lowest BCUT2D eigenvalue weighted by Gasteiger charge is -2.09. The van der Waals surface area contributed by atoms with Crippen LogP contribution in [0, 0.1) is 0 Å². The van der Waals surface area contributed by atoms with E-state index in [0.717, 1.165) is 5.56 Å². The first kappa shape index (κ1) is 21.2. The first-order valence-electron chi connectivity index (χ1n) is 9.78. The summed E-state index contributed by atoms with van der Waals surface area (Å²) < 4.78 is 7.19. The zero-order valence-corrected chi connectivity index (χ0v) is 16.7. The molecule has 3 aromatic rings. The largest absolute Gasteiger partial charge is 0.476 e. The maximum atomic E-state index is 11.9. The van der Waals surface area contributed by atoms with Gasteiger partial charge in [-0.2, -0.15) is 0 Å². The molecule has 1 amide bonds. The smallest absolute Gasteiger partial charge is 0.358 e. The standard InChI is InChI=1S/C22H24N4O4/c1-2-23-21(27)17-10-12-18(13-11-17)26-19(20(22(28)29)24-25-26)9-6-14-30-15-16-7-4-3-5-8-16/h3-5,7-8,10-13H,2,6,9,14-15H2,1H3,(H,23,27)(H,28,29). The zero-order chi connectivity index (χ0) is 21.3. The van der Waals surface area contributed by atoms with E-state index in [0.29, 0.717) is 49.5 Å². The van der Waals surface area contributed by atoms with E-state index in [9.17, 15) is 14.7 Å². The number of nitrogens with zero attached hydrogens (tertiary/aromatic N) is 3. The van der Waals surface area contributed by atoms with Gasteiger partial charge in [-0.3, -0.25) is 4.79 Å². The van der Waals surface area contributed by atoms with Crippen molar-refractivity contribution in [3.63, 3.8) is 0 Å². The number of nitrogens with one attached hydrogen (secondary N) is 1. The Hall–Kier alpha value is -3.52. The van der Waals surface area contributed by atoms with Gasteiger partial charge in [0.25, 0.3) is 5.91 Å². The van der Waals surface area contributed by atoms with E-state index in [2.05, 4.69) is 15.6 Å². The number of carbonyl (C=O) groups excluding carboxylic acids is 1. The molecule has 0 radical (unpaired) electrons. The van der Waals surface area contributed by atoms with Gasteiger partial charge in [-0.05, 0) is 49.6 Å². The zero-order valence-electron chi connectivity index (χ0n) is 16.7. The molecule has 1 heterocycles. The topological polar surface area (TPSA) is 106 Å². The molecule has 0 unspecified atom stereocenters.